The Morgan fingerprint density at radius 1 is 1.41 bits per heavy atom. The quantitative estimate of drug-likeness (QED) is 0.448. The Hall–Kier alpha value is -0.893. The van der Waals surface area contributed by atoms with Crippen molar-refractivity contribution in [2.45, 2.75) is 44.9 Å². The molecule has 0 radical (unpaired) electrons. The zero-order valence-electron chi connectivity index (χ0n) is 13.3. The third kappa shape index (κ3) is 4.31. The second-order valence-corrected chi connectivity index (χ2v) is 12.8. The van der Waals surface area contributed by atoms with Gasteiger partial charge in [0, 0.05) is 27.4 Å². The molecule has 124 valence electrons. The summed E-state index contributed by atoms with van der Waals surface area (Å²) in [6.07, 6.45) is 0.660. The van der Waals surface area contributed by atoms with Gasteiger partial charge in [0.05, 0.1) is 12.6 Å². The predicted octanol–water partition coefficient (Wildman–Crippen LogP) is 1.94. The Labute approximate surface area is 135 Å². The van der Waals surface area contributed by atoms with Crippen molar-refractivity contribution in [3.8, 4) is 0 Å². The van der Waals surface area contributed by atoms with Gasteiger partial charge in [-0.1, -0.05) is 31.2 Å². The van der Waals surface area contributed by atoms with Gasteiger partial charge in [-0.25, -0.2) is 4.79 Å². The number of ether oxygens (including phenoxy) is 2. The van der Waals surface area contributed by atoms with Crippen molar-refractivity contribution in [2.24, 2.45) is 0 Å². The van der Waals surface area contributed by atoms with Gasteiger partial charge in [0.2, 0.25) is 0 Å². The van der Waals surface area contributed by atoms with Gasteiger partial charge >= 0.3 is 5.69 Å². The second kappa shape index (κ2) is 7.12. The largest absolute Gasteiger partial charge is 0.379 e. The molecule has 2 rings (SSSR count). The number of nitrogens with zero attached hydrogens (tertiary/aromatic N) is 2. The topological polar surface area (TPSA) is 62.5 Å². The van der Waals surface area contributed by atoms with Crippen molar-refractivity contribution in [1.82, 2.24) is 9.13 Å². The summed E-state index contributed by atoms with van der Waals surface area (Å²) in [6.45, 7) is 8.38. The monoisotopic (exact) mass is 346 g/mol. The summed E-state index contributed by atoms with van der Waals surface area (Å²) >= 11 is 6.03. The molecule has 22 heavy (non-hydrogen) atoms. The lowest BCUT2D eigenvalue weighted by Gasteiger charge is -2.17. The Morgan fingerprint density at radius 3 is 2.73 bits per heavy atom. The summed E-state index contributed by atoms with van der Waals surface area (Å²) < 4.78 is 13.4. The molecule has 1 unspecified atom stereocenters. The molecule has 2 heterocycles. The van der Waals surface area contributed by atoms with Crippen molar-refractivity contribution in [3.63, 3.8) is 0 Å². The molecule has 1 aromatic heterocycles. The Bertz CT molecular complexity index is 629. The summed E-state index contributed by atoms with van der Waals surface area (Å²) in [7, 11) is -1.18. The molecule has 1 saturated heterocycles. The number of halogens is 1. The van der Waals surface area contributed by atoms with Gasteiger partial charge in [0.25, 0.3) is 5.56 Å². The van der Waals surface area contributed by atoms with Crippen LogP contribution in [0.5, 0.6) is 0 Å². The molecule has 1 aromatic rings. The van der Waals surface area contributed by atoms with E-state index in [4.69, 9.17) is 21.1 Å². The third-order valence-corrected chi connectivity index (χ3v) is 5.68. The normalized spacial score (nSPS) is 18.8. The van der Waals surface area contributed by atoms with E-state index in [0.717, 1.165) is 6.04 Å². The zero-order chi connectivity index (χ0) is 16.3. The first-order valence-corrected chi connectivity index (χ1v) is 11.6. The molecule has 0 aliphatic carbocycles. The fraction of sp³-hybridized carbons (Fsp3) is 0.714. The van der Waals surface area contributed by atoms with Gasteiger partial charge < -0.3 is 9.47 Å². The first kappa shape index (κ1) is 17.5. The molecule has 1 atom stereocenters. The van der Waals surface area contributed by atoms with Gasteiger partial charge in [0.1, 0.15) is 11.9 Å². The van der Waals surface area contributed by atoms with Gasteiger partial charge in [-0.2, -0.15) is 0 Å². The van der Waals surface area contributed by atoms with Crippen LogP contribution in [0.4, 0.5) is 0 Å². The van der Waals surface area contributed by atoms with Crippen LogP contribution in [0.2, 0.25) is 30.8 Å². The van der Waals surface area contributed by atoms with Crippen LogP contribution in [0.25, 0.3) is 0 Å². The van der Waals surface area contributed by atoms with Crippen molar-refractivity contribution >= 4 is 19.7 Å². The number of aromatic nitrogens is 2. The number of hydrogen-bond acceptors (Lipinski definition) is 4. The fourth-order valence-corrected chi connectivity index (χ4v) is 3.25. The van der Waals surface area contributed by atoms with E-state index in [1.54, 1.807) is 0 Å². The molecule has 0 bridgehead atoms. The van der Waals surface area contributed by atoms with Gasteiger partial charge in [-0.3, -0.25) is 13.9 Å². The van der Waals surface area contributed by atoms with E-state index >= 15 is 0 Å². The lowest BCUT2D eigenvalue weighted by Crippen LogP contribution is -2.42. The van der Waals surface area contributed by atoms with E-state index in [2.05, 4.69) is 19.6 Å². The summed E-state index contributed by atoms with van der Waals surface area (Å²) in [5.74, 6) is 0. The summed E-state index contributed by atoms with van der Waals surface area (Å²) in [5, 5.41) is 0.109. The molecule has 0 aromatic carbocycles. The molecular weight excluding hydrogens is 324 g/mol. The minimum Gasteiger partial charge on any atom is -0.379 e. The fourth-order valence-electron chi connectivity index (χ4n) is 2.28. The van der Waals surface area contributed by atoms with E-state index in [1.165, 1.54) is 15.2 Å². The highest BCUT2D eigenvalue weighted by Crippen LogP contribution is 2.15. The van der Waals surface area contributed by atoms with Crippen LogP contribution < -0.4 is 11.2 Å². The van der Waals surface area contributed by atoms with Crippen LogP contribution in [-0.2, 0) is 16.2 Å². The minimum absolute atomic E-state index is 0.0655. The smallest absolute Gasteiger partial charge is 0.334 e. The van der Waals surface area contributed by atoms with E-state index in [0.29, 0.717) is 26.2 Å². The van der Waals surface area contributed by atoms with Crippen LogP contribution in [0, 0.1) is 0 Å². The van der Waals surface area contributed by atoms with Gasteiger partial charge in [-0.15, -0.1) is 0 Å². The molecule has 0 saturated carbocycles. The Balaban J connectivity index is 2.15. The Kier molecular flexibility index (Phi) is 5.65. The van der Waals surface area contributed by atoms with Gasteiger partial charge in [-0.05, 0) is 12.5 Å². The molecule has 8 heteroatoms. The average Bonchev–Trinajstić information content (AvgIpc) is 2.89. The summed E-state index contributed by atoms with van der Waals surface area (Å²) in [5.41, 5.74) is -0.815. The first-order chi connectivity index (χ1) is 10.3. The molecule has 1 aliphatic rings. The minimum atomic E-state index is -1.18. The standard InChI is InChI=1S/C14H23ClN2O4Si/c1-22(2,3)7-6-21-10-16-12(15)8-13(18)17(14(16)19)11-4-5-20-9-11/h8,11H,4-7,9-10H2,1-3H3. The van der Waals surface area contributed by atoms with Crippen LogP contribution >= 0.6 is 11.6 Å². The number of rotatable bonds is 6. The molecule has 1 aliphatic heterocycles. The lowest BCUT2D eigenvalue weighted by molar-refractivity contribution is 0.0820. The number of hydrogen-bond donors (Lipinski definition) is 0. The van der Waals surface area contributed by atoms with E-state index in [9.17, 15) is 9.59 Å². The predicted molar refractivity (Wildman–Crippen MR) is 88.6 cm³/mol. The average molecular weight is 347 g/mol. The first-order valence-electron chi connectivity index (χ1n) is 7.47. The molecule has 1 fully saturated rings. The SMILES string of the molecule is C[Si](C)(C)CCOCn1c(Cl)cc(=O)n(C2CCOC2)c1=O. The summed E-state index contributed by atoms with van der Waals surface area (Å²) in [6, 6.07) is 2.06. The van der Waals surface area contributed by atoms with Crippen molar-refractivity contribution in [3.05, 3.63) is 32.1 Å². The van der Waals surface area contributed by atoms with Gasteiger partial charge in [0.15, 0.2) is 0 Å². The highest BCUT2D eigenvalue weighted by molar-refractivity contribution is 6.76. The Morgan fingerprint density at radius 2 is 2.14 bits per heavy atom. The highest BCUT2D eigenvalue weighted by Gasteiger charge is 2.23. The molecule has 0 amide bonds. The maximum Gasteiger partial charge on any atom is 0.334 e. The van der Waals surface area contributed by atoms with E-state index < -0.39 is 13.8 Å². The van der Waals surface area contributed by atoms with E-state index in [-0.39, 0.29) is 23.5 Å². The zero-order valence-corrected chi connectivity index (χ0v) is 15.1. The van der Waals surface area contributed by atoms with Crippen molar-refractivity contribution in [1.29, 1.82) is 0 Å². The van der Waals surface area contributed by atoms with Crippen LogP contribution in [0.15, 0.2) is 15.7 Å². The lowest BCUT2D eigenvalue weighted by atomic mass is 10.2. The maximum atomic E-state index is 12.5. The third-order valence-electron chi connectivity index (χ3n) is 3.66. The molecule has 0 N–H and O–H groups in total. The van der Waals surface area contributed by atoms with Crippen LogP contribution in [-0.4, -0.2) is 37.0 Å². The maximum absolute atomic E-state index is 12.5. The van der Waals surface area contributed by atoms with E-state index in [1.807, 2.05) is 0 Å². The highest BCUT2D eigenvalue weighted by atomic mass is 35.5. The van der Waals surface area contributed by atoms with Crippen molar-refractivity contribution in [2.75, 3.05) is 19.8 Å². The van der Waals surface area contributed by atoms with Crippen LogP contribution in [0.1, 0.15) is 12.5 Å². The van der Waals surface area contributed by atoms with Crippen molar-refractivity contribution < 1.29 is 9.47 Å². The second-order valence-electron chi connectivity index (χ2n) is 6.75. The summed E-state index contributed by atoms with van der Waals surface area (Å²) in [4.78, 5) is 24.5. The molecular formula is C14H23ClN2O4Si. The van der Waals surface area contributed by atoms with Crippen LogP contribution in [0.3, 0.4) is 0 Å². The molecule has 0 spiro atoms. The molecule has 6 nitrogen and oxygen atoms in total.